The number of benzene rings is 1. The van der Waals surface area contributed by atoms with Gasteiger partial charge in [-0.05, 0) is 56.7 Å². The van der Waals surface area contributed by atoms with Crippen LogP contribution >= 0.6 is 11.6 Å². The summed E-state index contributed by atoms with van der Waals surface area (Å²) in [6.07, 6.45) is 1.20. The lowest BCUT2D eigenvalue weighted by Gasteiger charge is -2.17. The van der Waals surface area contributed by atoms with Crippen LogP contribution in [0.4, 0.5) is 0 Å². The summed E-state index contributed by atoms with van der Waals surface area (Å²) in [5, 5.41) is 4.35. The predicted molar refractivity (Wildman–Crippen MR) is 80.3 cm³/mol. The van der Waals surface area contributed by atoms with Gasteiger partial charge in [0.2, 0.25) is 0 Å². The van der Waals surface area contributed by atoms with E-state index in [4.69, 9.17) is 11.6 Å². The van der Waals surface area contributed by atoms with Crippen LogP contribution in [0.25, 0.3) is 0 Å². The van der Waals surface area contributed by atoms with Gasteiger partial charge in [0.1, 0.15) is 0 Å². The Hall–Kier alpha value is -0.570. The zero-order chi connectivity index (χ0) is 13.4. The van der Waals surface area contributed by atoms with Crippen molar-refractivity contribution in [3.8, 4) is 0 Å². The highest BCUT2D eigenvalue weighted by Crippen LogP contribution is 2.18. The van der Waals surface area contributed by atoms with Crippen molar-refractivity contribution in [1.29, 1.82) is 0 Å². The van der Waals surface area contributed by atoms with Gasteiger partial charge in [0.15, 0.2) is 0 Å². The molecule has 0 amide bonds. The largest absolute Gasteiger partial charge is 0.313 e. The lowest BCUT2D eigenvalue weighted by molar-refractivity contribution is 0.298. The molecule has 0 aliphatic heterocycles. The van der Waals surface area contributed by atoms with Gasteiger partial charge in [-0.2, -0.15) is 0 Å². The van der Waals surface area contributed by atoms with Gasteiger partial charge < -0.3 is 10.2 Å². The summed E-state index contributed by atoms with van der Waals surface area (Å²) < 4.78 is 0. The molecule has 0 saturated heterocycles. The third-order valence-electron chi connectivity index (χ3n) is 3.42. The summed E-state index contributed by atoms with van der Waals surface area (Å²) in [6, 6.07) is 6.10. The fourth-order valence-electron chi connectivity index (χ4n) is 2.03. The fourth-order valence-corrected chi connectivity index (χ4v) is 2.23. The van der Waals surface area contributed by atoms with Crippen LogP contribution in [0, 0.1) is 6.92 Å². The number of nitrogens with zero attached hydrogens (tertiary/aromatic N) is 1. The topological polar surface area (TPSA) is 15.3 Å². The molecule has 0 spiro atoms. The van der Waals surface area contributed by atoms with Crippen LogP contribution < -0.4 is 5.32 Å². The van der Waals surface area contributed by atoms with E-state index in [-0.39, 0.29) is 0 Å². The van der Waals surface area contributed by atoms with Gasteiger partial charge in [0.05, 0.1) is 0 Å². The molecule has 18 heavy (non-hydrogen) atoms. The minimum Gasteiger partial charge on any atom is -0.313 e. The quantitative estimate of drug-likeness (QED) is 0.727. The van der Waals surface area contributed by atoms with Crippen molar-refractivity contribution < 1.29 is 0 Å². The van der Waals surface area contributed by atoms with E-state index < -0.39 is 0 Å². The van der Waals surface area contributed by atoms with Crippen LogP contribution in [-0.2, 0) is 6.54 Å². The third kappa shape index (κ3) is 4.97. The van der Waals surface area contributed by atoms with Crippen molar-refractivity contribution in [2.45, 2.75) is 33.7 Å². The maximum atomic E-state index is 6.10. The molecule has 0 unspecified atom stereocenters. The minimum atomic E-state index is 0.859. The zero-order valence-electron chi connectivity index (χ0n) is 11.8. The van der Waals surface area contributed by atoms with E-state index >= 15 is 0 Å². The normalized spacial score (nSPS) is 11.2. The number of halogens is 1. The molecule has 102 valence electrons. The Bertz CT molecular complexity index is 348. The van der Waals surface area contributed by atoms with Crippen LogP contribution in [0.5, 0.6) is 0 Å². The molecule has 0 aliphatic carbocycles. The first kappa shape index (κ1) is 15.5. The van der Waals surface area contributed by atoms with E-state index in [0.717, 1.165) is 31.2 Å². The maximum absolute atomic E-state index is 6.10. The molecule has 0 aliphatic rings. The molecule has 1 rings (SSSR count). The summed E-state index contributed by atoms with van der Waals surface area (Å²) in [7, 11) is 0. The molecular formula is C15H25ClN2. The van der Waals surface area contributed by atoms with E-state index in [9.17, 15) is 0 Å². The van der Waals surface area contributed by atoms with Gasteiger partial charge >= 0.3 is 0 Å². The van der Waals surface area contributed by atoms with Crippen molar-refractivity contribution >= 4 is 11.6 Å². The standard InChI is InChI=1S/C15H25ClN2/c1-4-18(5-2)11-7-10-17-12-14-8-6-9-15(16)13(14)3/h6,8-9,17H,4-5,7,10-12H2,1-3H3. The van der Waals surface area contributed by atoms with Gasteiger partial charge in [0, 0.05) is 11.6 Å². The van der Waals surface area contributed by atoms with Crippen molar-refractivity contribution in [3.63, 3.8) is 0 Å². The minimum absolute atomic E-state index is 0.859. The lowest BCUT2D eigenvalue weighted by Crippen LogP contribution is -2.27. The monoisotopic (exact) mass is 268 g/mol. The molecule has 1 aromatic rings. The Morgan fingerprint density at radius 1 is 1.22 bits per heavy atom. The smallest absolute Gasteiger partial charge is 0.0438 e. The highest BCUT2D eigenvalue weighted by molar-refractivity contribution is 6.31. The van der Waals surface area contributed by atoms with Crippen molar-refractivity contribution in [1.82, 2.24) is 10.2 Å². The summed E-state index contributed by atoms with van der Waals surface area (Å²) in [6.45, 7) is 11.9. The Morgan fingerprint density at radius 2 is 1.94 bits per heavy atom. The van der Waals surface area contributed by atoms with Crippen molar-refractivity contribution in [2.24, 2.45) is 0 Å². The highest BCUT2D eigenvalue weighted by atomic mass is 35.5. The van der Waals surface area contributed by atoms with Crippen molar-refractivity contribution in [2.75, 3.05) is 26.2 Å². The average Bonchev–Trinajstić information content (AvgIpc) is 2.38. The molecule has 0 fully saturated rings. The second kappa shape index (κ2) is 8.52. The Kier molecular flexibility index (Phi) is 7.33. The van der Waals surface area contributed by atoms with E-state index in [1.165, 1.54) is 24.1 Å². The molecule has 0 atom stereocenters. The second-order valence-corrected chi connectivity index (χ2v) is 4.99. The molecular weight excluding hydrogens is 244 g/mol. The molecule has 0 heterocycles. The summed E-state index contributed by atoms with van der Waals surface area (Å²) in [5.41, 5.74) is 2.49. The lowest BCUT2D eigenvalue weighted by atomic mass is 10.1. The number of nitrogens with one attached hydrogen (secondary N) is 1. The molecule has 1 aromatic carbocycles. The number of rotatable bonds is 8. The van der Waals surface area contributed by atoms with Gasteiger partial charge in [-0.3, -0.25) is 0 Å². The SMILES string of the molecule is CCN(CC)CCCNCc1cccc(Cl)c1C. The van der Waals surface area contributed by atoms with Crippen LogP contribution in [0.3, 0.4) is 0 Å². The molecule has 0 saturated carbocycles. The summed E-state index contributed by atoms with van der Waals surface area (Å²) in [5.74, 6) is 0. The number of hydrogen-bond acceptors (Lipinski definition) is 2. The van der Waals surface area contributed by atoms with Crippen LogP contribution in [0.2, 0.25) is 5.02 Å². The molecule has 1 N–H and O–H groups in total. The van der Waals surface area contributed by atoms with Crippen LogP contribution in [0.1, 0.15) is 31.4 Å². The van der Waals surface area contributed by atoms with Gasteiger partial charge in [-0.1, -0.05) is 37.6 Å². The summed E-state index contributed by atoms with van der Waals surface area (Å²) >= 11 is 6.10. The molecule has 0 aromatic heterocycles. The molecule has 0 radical (unpaired) electrons. The van der Waals surface area contributed by atoms with Gasteiger partial charge in [-0.15, -0.1) is 0 Å². The summed E-state index contributed by atoms with van der Waals surface area (Å²) in [4.78, 5) is 2.45. The maximum Gasteiger partial charge on any atom is 0.0438 e. The van der Waals surface area contributed by atoms with E-state index in [0.29, 0.717) is 0 Å². The molecule has 3 heteroatoms. The van der Waals surface area contributed by atoms with E-state index in [1.807, 2.05) is 12.1 Å². The second-order valence-electron chi connectivity index (χ2n) is 4.58. The predicted octanol–water partition coefficient (Wildman–Crippen LogP) is 3.47. The van der Waals surface area contributed by atoms with Crippen LogP contribution in [-0.4, -0.2) is 31.1 Å². The Labute approximate surface area is 116 Å². The highest BCUT2D eigenvalue weighted by Gasteiger charge is 2.02. The van der Waals surface area contributed by atoms with E-state index in [1.54, 1.807) is 0 Å². The Morgan fingerprint density at radius 3 is 2.61 bits per heavy atom. The third-order valence-corrected chi connectivity index (χ3v) is 3.83. The fraction of sp³-hybridized carbons (Fsp3) is 0.600. The van der Waals surface area contributed by atoms with E-state index in [2.05, 4.69) is 37.1 Å². The Balaban J connectivity index is 2.24. The molecule has 0 bridgehead atoms. The molecule has 2 nitrogen and oxygen atoms in total. The number of hydrogen-bond donors (Lipinski definition) is 1. The average molecular weight is 269 g/mol. The first-order valence-electron chi connectivity index (χ1n) is 6.86. The zero-order valence-corrected chi connectivity index (χ0v) is 12.6. The van der Waals surface area contributed by atoms with Gasteiger partial charge in [0.25, 0.3) is 0 Å². The van der Waals surface area contributed by atoms with Crippen molar-refractivity contribution in [3.05, 3.63) is 34.3 Å². The first-order valence-corrected chi connectivity index (χ1v) is 7.23. The van der Waals surface area contributed by atoms with Gasteiger partial charge in [-0.25, -0.2) is 0 Å². The first-order chi connectivity index (χ1) is 8.69. The van der Waals surface area contributed by atoms with Crippen LogP contribution in [0.15, 0.2) is 18.2 Å².